The molecule has 2 aromatic carbocycles. The van der Waals surface area contributed by atoms with Crippen molar-refractivity contribution < 1.29 is 28.6 Å². The molecule has 3 amide bonds. The zero-order valence-electron chi connectivity index (χ0n) is 19.7. The van der Waals surface area contributed by atoms with E-state index in [4.69, 9.17) is 14.2 Å². The number of aryl methyl sites for hydroxylation is 1. The zero-order valence-corrected chi connectivity index (χ0v) is 19.7. The van der Waals surface area contributed by atoms with Gasteiger partial charge in [0.2, 0.25) is 17.6 Å². The summed E-state index contributed by atoms with van der Waals surface area (Å²) in [6.45, 7) is 3.82. The van der Waals surface area contributed by atoms with Crippen LogP contribution in [0, 0.1) is 6.92 Å². The Balaban J connectivity index is 2.03. The minimum absolute atomic E-state index is 0.110. The number of hydrogen-bond donors (Lipinski definition) is 2. The molecule has 0 aliphatic carbocycles. The monoisotopic (exact) mass is 457 g/mol. The number of benzene rings is 2. The molecule has 2 rings (SSSR count). The number of ether oxygens (including phenoxy) is 3. The molecule has 0 unspecified atom stereocenters. The van der Waals surface area contributed by atoms with Gasteiger partial charge in [0.1, 0.15) is 0 Å². The second kappa shape index (κ2) is 12.3. The van der Waals surface area contributed by atoms with Gasteiger partial charge in [-0.1, -0.05) is 25.1 Å². The minimum atomic E-state index is -0.483. The van der Waals surface area contributed by atoms with E-state index in [1.165, 1.54) is 38.4 Å². The van der Waals surface area contributed by atoms with Gasteiger partial charge >= 0.3 is 0 Å². The molecule has 0 spiro atoms. The highest BCUT2D eigenvalue weighted by Crippen LogP contribution is 2.38. The van der Waals surface area contributed by atoms with Gasteiger partial charge in [0, 0.05) is 17.8 Å². The Labute approximate surface area is 194 Å². The molecule has 9 heteroatoms. The van der Waals surface area contributed by atoms with Gasteiger partial charge in [-0.25, -0.2) is 0 Å². The summed E-state index contributed by atoms with van der Waals surface area (Å²) in [6.07, 6.45) is 0.671. The lowest BCUT2D eigenvalue weighted by molar-refractivity contribution is -0.133. The second-order valence-corrected chi connectivity index (χ2v) is 7.28. The van der Waals surface area contributed by atoms with Crippen molar-refractivity contribution in [1.29, 1.82) is 0 Å². The summed E-state index contributed by atoms with van der Waals surface area (Å²) in [5.74, 6) is -0.132. The number of anilines is 1. The van der Waals surface area contributed by atoms with Crippen LogP contribution < -0.4 is 24.8 Å². The van der Waals surface area contributed by atoms with Gasteiger partial charge in [-0.3, -0.25) is 14.4 Å². The summed E-state index contributed by atoms with van der Waals surface area (Å²) in [4.78, 5) is 39.3. The van der Waals surface area contributed by atoms with E-state index in [1.54, 1.807) is 6.07 Å². The second-order valence-electron chi connectivity index (χ2n) is 7.28. The summed E-state index contributed by atoms with van der Waals surface area (Å²) >= 11 is 0. The van der Waals surface area contributed by atoms with Crippen LogP contribution in [0.15, 0.2) is 36.4 Å². The van der Waals surface area contributed by atoms with Crippen molar-refractivity contribution >= 4 is 23.4 Å². The third kappa shape index (κ3) is 6.86. The number of carbonyl (C=O) groups is 3. The summed E-state index contributed by atoms with van der Waals surface area (Å²) in [7, 11) is 4.37. The average molecular weight is 458 g/mol. The zero-order chi connectivity index (χ0) is 24.4. The maximum atomic E-state index is 12.7. The Morgan fingerprint density at radius 3 is 2.15 bits per heavy atom. The van der Waals surface area contributed by atoms with Crippen LogP contribution in [-0.4, -0.2) is 63.6 Å². The van der Waals surface area contributed by atoms with Gasteiger partial charge in [0.05, 0.1) is 34.4 Å². The van der Waals surface area contributed by atoms with Crippen molar-refractivity contribution in [2.45, 2.75) is 20.3 Å². The van der Waals surface area contributed by atoms with Crippen LogP contribution in [0.25, 0.3) is 0 Å². The molecule has 0 saturated carbocycles. The van der Waals surface area contributed by atoms with Crippen molar-refractivity contribution in [2.24, 2.45) is 0 Å². The first kappa shape index (κ1) is 25.5. The van der Waals surface area contributed by atoms with Crippen molar-refractivity contribution in [1.82, 2.24) is 10.2 Å². The van der Waals surface area contributed by atoms with Crippen molar-refractivity contribution in [2.75, 3.05) is 46.3 Å². The summed E-state index contributed by atoms with van der Waals surface area (Å²) < 4.78 is 15.8. The highest BCUT2D eigenvalue weighted by Gasteiger charge is 2.20. The van der Waals surface area contributed by atoms with Gasteiger partial charge in [-0.15, -0.1) is 0 Å². The number of rotatable bonds is 11. The lowest BCUT2D eigenvalue weighted by Crippen LogP contribution is -2.44. The molecule has 9 nitrogen and oxygen atoms in total. The number of hydrogen-bond acceptors (Lipinski definition) is 6. The van der Waals surface area contributed by atoms with E-state index in [-0.39, 0.29) is 30.5 Å². The molecular formula is C24H31N3O6. The summed E-state index contributed by atoms with van der Waals surface area (Å²) in [5.41, 5.74) is 1.87. The van der Waals surface area contributed by atoms with Crippen molar-refractivity contribution in [3.05, 3.63) is 47.5 Å². The lowest BCUT2D eigenvalue weighted by Gasteiger charge is -2.22. The van der Waals surface area contributed by atoms with E-state index >= 15 is 0 Å². The summed E-state index contributed by atoms with van der Waals surface area (Å²) in [6, 6.07) is 10.4. The van der Waals surface area contributed by atoms with E-state index in [0.717, 1.165) is 5.56 Å². The lowest BCUT2D eigenvalue weighted by atomic mass is 10.1. The van der Waals surface area contributed by atoms with E-state index in [2.05, 4.69) is 10.6 Å². The van der Waals surface area contributed by atoms with Crippen LogP contribution in [0.2, 0.25) is 0 Å². The van der Waals surface area contributed by atoms with Crippen molar-refractivity contribution in [3.8, 4) is 17.2 Å². The smallest absolute Gasteiger partial charge is 0.251 e. The quantitative estimate of drug-likeness (QED) is 0.537. The van der Waals surface area contributed by atoms with E-state index in [9.17, 15) is 14.4 Å². The Morgan fingerprint density at radius 2 is 1.61 bits per heavy atom. The molecule has 0 aromatic heterocycles. The van der Waals surface area contributed by atoms with E-state index in [0.29, 0.717) is 35.9 Å². The van der Waals surface area contributed by atoms with Gasteiger partial charge < -0.3 is 29.7 Å². The molecule has 2 aromatic rings. The SMILES string of the molecule is CCCN(CC(=O)Nc1ccccc1C)C(=O)CNC(=O)c1cc(OC)c(OC)c(OC)c1. The largest absolute Gasteiger partial charge is 0.493 e. The molecule has 2 N–H and O–H groups in total. The minimum Gasteiger partial charge on any atom is -0.493 e. The third-order valence-electron chi connectivity index (χ3n) is 4.93. The topological polar surface area (TPSA) is 106 Å². The normalized spacial score (nSPS) is 10.2. The van der Waals surface area contributed by atoms with Gasteiger partial charge in [-0.2, -0.15) is 0 Å². The number of nitrogens with one attached hydrogen (secondary N) is 2. The summed E-state index contributed by atoms with van der Waals surface area (Å²) in [5, 5.41) is 5.42. The predicted octanol–water partition coefficient (Wildman–Crippen LogP) is 2.63. The maximum absolute atomic E-state index is 12.7. The first-order valence-electron chi connectivity index (χ1n) is 10.6. The fourth-order valence-electron chi connectivity index (χ4n) is 3.22. The van der Waals surface area contributed by atoms with Crippen LogP contribution in [-0.2, 0) is 9.59 Å². The Morgan fingerprint density at radius 1 is 0.970 bits per heavy atom. The average Bonchev–Trinajstić information content (AvgIpc) is 2.82. The fraction of sp³-hybridized carbons (Fsp3) is 0.375. The Kier molecular flexibility index (Phi) is 9.53. The Bertz CT molecular complexity index is 967. The number of amides is 3. The molecule has 0 aliphatic heterocycles. The van der Waals surface area contributed by atoms with Gasteiger partial charge in [0.15, 0.2) is 11.5 Å². The van der Waals surface area contributed by atoms with Crippen LogP contribution >= 0.6 is 0 Å². The highest BCUT2D eigenvalue weighted by molar-refractivity contribution is 5.99. The molecule has 0 bridgehead atoms. The predicted molar refractivity (Wildman–Crippen MR) is 125 cm³/mol. The van der Waals surface area contributed by atoms with Gasteiger partial charge in [0.25, 0.3) is 5.91 Å². The first-order chi connectivity index (χ1) is 15.8. The molecule has 0 saturated heterocycles. The third-order valence-corrected chi connectivity index (χ3v) is 4.93. The van der Waals surface area contributed by atoms with Crippen LogP contribution in [0.5, 0.6) is 17.2 Å². The fourth-order valence-corrected chi connectivity index (χ4v) is 3.22. The van der Waals surface area contributed by atoms with E-state index in [1.807, 2.05) is 32.0 Å². The molecule has 0 aliphatic rings. The van der Waals surface area contributed by atoms with Crippen LogP contribution in [0.4, 0.5) is 5.69 Å². The van der Waals surface area contributed by atoms with Crippen molar-refractivity contribution in [3.63, 3.8) is 0 Å². The number of methoxy groups -OCH3 is 3. The first-order valence-corrected chi connectivity index (χ1v) is 10.6. The molecule has 0 atom stereocenters. The van der Waals surface area contributed by atoms with E-state index < -0.39 is 5.91 Å². The highest BCUT2D eigenvalue weighted by atomic mass is 16.5. The Hall–Kier alpha value is -3.75. The van der Waals surface area contributed by atoms with Gasteiger partial charge in [-0.05, 0) is 37.1 Å². The standard InChI is InChI=1S/C24H31N3O6/c1-6-11-27(15-21(28)26-18-10-8-7-9-16(18)2)22(29)14-25-24(30)17-12-19(31-3)23(33-5)20(13-17)32-4/h7-10,12-13H,6,11,14-15H2,1-5H3,(H,25,30)(H,26,28). The number of para-hydroxylation sites is 1. The molecule has 0 fully saturated rings. The van der Waals surface area contributed by atoms with Crippen LogP contribution in [0.1, 0.15) is 29.3 Å². The number of nitrogens with zero attached hydrogens (tertiary/aromatic N) is 1. The molecule has 0 radical (unpaired) electrons. The van der Waals surface area contributed by atoms with Crippen LogP contribution in [0.3, 0.4) is 0 Å². The molecular weight excluding hydrogens is 426 g/mol. The molecule has 33 heavy (non-hydrogen) atoms. The maximum Gasteiger partial charge on any atom is 0.251 e. The molecule has 178 valence electrons. The molecule has 0 heterocycles. The number of carbonyl (C=O) groups excluding carboxylic acids is 3.